The summed E-state index contributed by atoms with van der Waals surface area (Å²) in [7, 11) is 3.26. The number of hydrogen-bond acceptors (Lipinski definition) is 7. The number of imidazole rings is 1. The first kappa shape index (κ1) is 25.8. The Morgan fingerprint density at radius 1 is 1.11 bits per heavy atom. The number of nitrogens with one attached hydrogen (secondary N) is 3. The summed E-state index contributed by atoms with van der Waals surface area (Å²) in [6, 6.07) is 6.05. The van der Waals surface area contributed by atoms with Gasteiger partial charge in [0.25, 0.3) is 11.8 Å². The number of pyridine rings is 1. The van der Waals surface area contributed by atoms with E-state index in [1.807, 2.05) is 11.9 Å². The minimum absolute atomic E-state index is 0.0786. The van der Waals surface area contributed by atoms with Gasteiger partial charge < -0.3 is 25.3 Å². The second-order valence-corrected chi connectivity index (χ2v) is 9.60. The second kappa shape index (κ2) is 11.2. The summed E-state index contributed by atoms with van der Waals surface area (Å²) in [6.45, 7) is 0.433. The first-order valence-corrected chi connectivity index (χ1v) is 12.4. The molecule has 186 valence electrons. The maximum atomic E-state index is 13.2. The van der Waals surface area contributed by atoms with Gasteiger partial charge in [-0.05, 0) is 23.6 Å². The van der Waals surface area contributed by atoms with Crippen molar-refractivity contribution in [2.75, 3.05) is 29.7 Å². The predicted octanol–water partition coefficient (Wildman–Crippen LogP) is 5.98. The number of nitrogens with zero attached hydrogens (tertiary/aromatic N) is 3. The zero-order chi connectivity index (χ0) is 25.8. The summed E-state index contributed by atoms with van der Waals surface area (Å²) in [5, 5.41) is 8.19. The average molecular weight is 566 g/mol. The lowest BCUT2D eigenvalue weighted by atomic mass is 10.1. The number of carbonyl (C=O) groups excluding carboxylic acids is 2. The van der Waals surface area contributed by atoms with E-state index in [0.29, 0.717) is 22.5 Å². The van der Waals surface area contributed by atoms with Crippen LogP contribution in [0.1, 0.15) is 25.6 Å². The summed E-state index contributed by atoms with van der Waals surface area (Å²) in [4.78, 5) is 39.7. The van der Waals surface area contributed by atoms with Crippen LogP contribution in [-0.4, -0.2) is 40.9 Å². The van der Waals surface area contributed by atoms with Gasteiger partial charge in [0.1, 0.15) is 16.4 Å². The van der Waals surface area contributed by atoms with Gasteiger partial charge in [-0.15, -0.1) is 11.3 Å². The Kier molecular flexibility index (Phi) is 8.00. The maximum Gasteiger partial charge on any atom is 0.267 e. The Hall–Kier alpha value is -3.31. The van der Waals surface area contributed by atoms with E-state index in [1.165, 1.54) is 36.8 Å². The third-order valence-electron chi connectivity index (χ3n) is 5.00. The molecule has 13 heteroatoms. The van der Waals surface area contributed by atoms with E-state index in [2.05, 4.69) is 25.6 Å². The van der Waals surface area contributed by atoms with Crippen molar-refractivity contribution in [1.82, 2.24) is 15.0 Å². The Labute approximate surface area is 225 Å². The molecule has 3 aromatic heterocycles. The highest BCUT2D eigenvalue weighted by Crippen LogP contribution is 2.35. The molecule has 4 rings (SSSR count). The monoisotopic (exact) mass is 564 g/mol. The van der Waals surface area contributed by atoms with Crippen LogP contribution in [0.5, 0.6) is 5.75 Å². The Morgan fingerprint density at radius 3 is 2.58 bits per heavy atom. The SMILES string of the molecule is COc1cc(Cl)cc(C(=O)Nc2ccc(Cl)cn2)c1NC(=O)c1scc(CN(C)c2ncc[nH]2)c1Cl. The van der Waals surface area contributed by atoms with Crippen molar-refractivity contribution in [3.05, 3.63) is 79.3 Å². The number of carbonyl (C=O) groups is 2. The molecule has 0 spiro atoms. The third kappa shape index (κ3) is 5.73. The first-order chi connectivity index (χ1) is 17.3. The molecule has 0 unspecified atom stereocenters. The number of benzene rings is 1. The number of rotatable bonds is 8. The van der Waals surface area contributed by atoms with Crippen molar-refractivity contribution in [3.8, 4) is 5.75 Å². The maximum absolute atomic E-state index is 13.2. The molecule has 2 amide bonds. The van der Waals surface area contributed by atoms with Crippen LogP contribution in [-0.2, 0) is 6.54 Å². The summed E-state index contributed by atoms with van der Waals surface area (Å²) in [5.74, 6) is 0.0814. The highest BCUT2D eigenvalue weighted by molar-refractivity contribution is 7.13. The number of methoxy groups -OCH3 is 1. The van der Waals surface area contributed by atoms with Crippen LogP contribution >= 0.6 is 46.1 Å². The molecule has 0 aliphatic heterocycles. The number of anilines is 3. The van der Waals surface area contributed by atoms with Crippen molar-refractivity contribution in [3.63, 3.8) is 0 Å². The molecule has 0 aliphatic rings. The topological polar surface area (TPSA) is 112 Å². The lowest BCUT2D eigenvalue weighted by molar-refractivity contribution is 0.102. The molecule has 0 aliphatic carbocycles. The number of aromatic amines is 1. The molecule has 0 bridgehead atoms. The second-order valence-electron chi connectivity index (χ2n) is 7.47. The van der Waals surface area contributed by atoms with Crippen molar-refractivity contribution in [2.24, 2.45) is 0 Å². The van der Waals surface area contributed by atoms with Gasteiger partial charge in [-0.25, -0.2) is 9.97 Å². The number of hydrogen-bond donors (Lipinski definition) is 3. The number of halogens is 3. The fourth-order valence-electron chi connectivity index (χ4n) is 3.29. The van der Waals surface area contributed by atoms with Crippen LogP contribution < -0.4 is 20.3 Å². The Balaban J connectivity index is 1.59. The Morgan fingerprint density at radius 2 is 1.92 bits per heavy atom. The summed E-state index contributed by atoms with van der Waals surface area (Å²) in [6.07, 6.45) is 4.77. The average Bonchev–Trinajstić information content (AvgIpc) is 3.52. The first-order valence-electron chi connectivity index (χ1n) is 10.3. The molecule has 0 saturated heterocycles. The van der Waals surface area contributed by atoms with E-state index in [1.54, 1.807) is 29.9 Å². The predicted molar refractivity (Wildman–Crippen MR) is 143 cm³/mol. The number of thiophene rings is 1. The standard InChI is InChI=1S/C23H19Cl3N6O3S/c1-32(23-27-5-6-28-23)10-12-11-36-20(18(12)26)22(34)31-19-15(7-14(25)8-16(19)35-2)21(33)30-17-4-3-13(24)9-29-17/h3-9,11H,10H2,1-2H3,(H,27,28)(H,31,34)(H,29,30,33). The molecular formula is C23H19Cl3N6O3S. The van der Waals surface area contributed by atoms with E-state index >= 15 is 0 Å². The van der Waals surface area contributed by atoms with Gasteiger partial charge in [0.05, 0.1) is 28.4 Å². The largest absolute Gasteiger partial charge is 0.494 e. The third-order valence-corrected chi connectivity index (χ3v) is 7.01. The highest BCUT2D eigenvalue weighted by Gasteiger charge is 2.24. The lowest BCUT2D eigenvalue weighted by Crippen LogP contribution is -2.19. The Bertz CT molecular complexity index is 1390. The smallest absolute Gasteiger partial charge is 0.267 e. The van der Waals surface area contributed by atoms with Crippen molar-refractivity contribution in [2.45, 2.75) is 6.54 Å². The van der Waals surface area contributed by atoms with Gasteiger partial charge in [-0.1, -0.05) is 34.8 Å². The van der Waals surface area contributed by atoms with Crippen molar-refractivity contribution >= 4 is 75.4 Å². The molecule has 4 aromatic rings. The van der Waals surface area contributed by atoms with Crippen LogP contribution in [0.15, 0.2) is 48.2 Å². The minimum Gasteiger partial charge on any atom is -0.494 e. The van der Waals surface area contributed by atoms with E-state index in [9.17, 15) is 9.59 Å². The quantitative estimate of drug-likeness (QED) is 0.242. The van der Waals surface area contributed by atoms with Crippen LogP contribution in [0, 0.1) is 0 Å². The fourth-order valence-corrected chi connectivity index (χ4v) is 4.85. The van der Waals surface area contributed by atoms with Gasteiger partial charge in [0.2, 0.25) is 5.95 Å². The zero-order valence-electron chi connectivity index (χ0n) is 18.9. The number of amides is 2. The molecule has 9 nitrogen and oxygen atoms in total. The molecule has 3 heterocycles. The highest BCUT2D eigenvalue weighted by atomic mass is 35.5. The van der Waals surface area contributed by atoms with Crippen molar-refractivity contribution < 1.29 is 14.3 Å². The number of ether oxygens (including phenoxy) is 1. The van der Waals surface area contributed by atoms with Crippen LogP contribution in [0.3, 0.4) is 0 Å². The lowest BCUT2D eigenvalue weighted by Gasteiger charge is -2.16. The minimum atomic E-state index is -0.557. The molecule has 36 heavy (non-hydrogen) atoms. The summed E-state index contributed by atoms with van der Waals surface area (Å²) >= 11 is 19.8. The van der Waals surface area contributed by atoms with Crippen LogP contribution in [0.2, 0.25) is 15.1 Å². The van der Waals surface area contributed by atoms with Gasteiger partial charge in [0.15, 0.2) is 0 Å². The zero-order valence-corrected chi connectivity index (χ0v) is 22.0. The van der Waals surface area contributed by atoms with E-state index in [0.717, 1.165) is 5.56 Å². The molecule has 3 N–H and O–H groups in total. The van der Waals surface area contributed by atoms with Crippen LogP contribution in [0.4, 0.5) is 17.5 Å². The molecule has 0 saturated carbocycles. The van der Waals surface area contributed by atoms with Gasteiger partial charge in [-0.3, -0.25) is 9.59 Å². The molecular weight excluding hydrogens is 547 g/mol. The summed E-state index contributed by atoms with van der Waals surface area (Å²) in [5.41, 5.74) is 0.965. The normalized spacial score (nSPS) is 10.7. The molecule has 0 radical (unpaired) electrons. The molecule has 0 fully saturated rings. The van der Waals surface area contributed by atoms with Crippen LogP contribution in [0.25, 0.3) is 0 Å². The number of H-pyrrole nitrogens is 1. The van der Waals surface area contributed by atoms with E-state index in [-0.39, 0.29) is 32.7 Å². The molecule has 1 aromatic carbocycles. The van der Waals surface area contributed by atoms with Gasteiger partial charge >= 0.3 is 0 Å². The van der Waals surface area contributed by atoms with E-state index < -0.39 is 11.8 Å². The van der Waals surface area contributed by atoms with Gasteiger partial charge in [-0.2, -0.15) is 0 Å². The molecule has 0 atom stereocenters. The summed E-state index contributed by atoms with van der Waals surface area (Å²) < 4.78 is 5.39. The van der Waals surface area contributed by atoms with Crippen molar-refractivity contribution in [1.29, 1.82) is 0 Å². The fraction of sp³-hybridized carbons (Fsp3) is 0.130. The number of aromatic nitrogens is 3. The van der Waals surface area contributed by atoms with E-state index in [4.69, 9.17) is 39.5 Å². The van der Waals surface area contributed by atoms with Gasteiger partial charge in [0, 0.05) is 48.8 Å².